The van der Waals surface area contributed by atoms with E-state index in [1.54, 1.807) is 0 Å². The Kier molecular flexibility index (Phi) is 9.45. The average molecular weight is 560 g/mol. The Morgan fingerprint density at radius 3 is 2.82 bits per heavy atom. The molecule has 4 rings (SSSR count). The van der Waals surface area contributed by atoms with Gasteiger partial charge in [0.1, 0.15) is 5.76 Å². The smallest absolute Gasteiger partial charge is 0.410 e. The van der Waals surface area contributed by atoms with E-state index in [1.807, 2.05) is 49.1 Å². The Morgan fingerprint density at radius 2 is 2.10 bits per heavy atom. The summed E-state index contributed by atoms with van der Waals surface area (Å²) in [7, 11) is 0. The highest BCUT2D eigenvalue weighted by Gasteiger charge is 2.45. The van der Waals surface area contributed by atoms with E-state index in [0.29, 0.717) is 56.4 Å². The number of alkyl carbamates (subject to hydrolysis) is 1. The second kappa shape index (κ2) is 12.8. The molecule has 212 valence electrons. The van der Waals surface area contributed by atoms with Gasteiger partial charge in [-0.3, -0.25) is 4.90 Å². The molecule has 0 bridgehead atoms. The molecule has 0 fully saturated rings. The maximum absolute atomic E-state index is 13.0. The highest BCUT2D eigenvalue weighted by molar-refractivity contribution is 6.31. The van der Waals surface area contributed by atoms with Crippen LogP contribution in [0.1, 0.15) is 57.3 Å². The number of aliphatic hydroxyl groups is 1. The number of nitrogens with one attached hydrogen (secondary N) is 2. The molecule has 0 saturated heterocycles. The van der Waals surface area contributed by atoms with Gasteiger partial charge < -0.3 is 29.6 Å². The third-order valence-corrected chi connectivity index (χ3v) is 7.46. The molecule has 2 heterocycles. The van der Waals surface area contributed by atoms with Crippen LogP contribution in [-0.4, -0.2) is 66.2 Å². The fourth-order valence-corrected chi connectivity index (χ4v) is 5.42. The van der Waals surface area contributed by atoms with E-state index >= 15 is 0 Å². The van der Waals surface area contributed by atoms with Crippen molar-refractivity contribution in [3.8, 4) is 0 Å². The molecule has 9 nitrogen and oxygen atoms in total. The Bertz CT molecular complexity index is 1240. The van der Waals surface area contributed by atoms with Crippen LogP contribution in [0.5, 0.6) is 0 Å². The van der Waals surface area contributed by atoms with Gasteiger partial charge in [0.15, 0.2) is 0 Å². The molecule has 0 saturated carbocycles. The first-order valence-corrected chi connectivity index (χ1v) is 14.0. The zero-order valence-electron chi connectivity index (χ0n) is 22.8. The second-order valence-corrected chi connectivity index (χ2v) is 10.6. The van der Waals surface area contributed by atoms with Crippen molar-refractivity contribution in [2.24, 2.45) is 5.41 Å². The van der Waals surface area contributed by atoms with Crippen molar-refractivity contribution in [2.45, 2.75) is 58.6 Å². The number of ether oxygens (including phenoxy) is 3. The number of aromatic nitrogens is 1. The quantitative estimate of drug-likeness (QED) is 0.348. The van der Waals surface area contributed by atoms with Crippen molar-refractivity contribution in [2.75, 3.05) is 32.9 Å². The molecule has 2 amide bonds. The topological polar surface area (TPSA) is 113 Å². The van der Waals surface area contributed by atoms with E-state index in [4.69, 9.17) is 25.8 Å². The number of amides is 2. The number of rotatable bonds is 10. The van der Waals surface area contributed by atoms with Gasteiger partial charge in [0, 0.05) is 46.5 Å². The van der Waals surface area contributed by atoms with Gasteiger partial charge in [0.2, 0.25) is 0 Å². The lowest BCUT2D eigenvalue weighted by Crippen LogP contribution is -2.47. The first kappa shape index (κ1) is 28.8. The minimum absolute atomic E-state index is 0.0995. The van der Waals surface area contributed by atoms with Gasteiger partial charge in [-0.15, -0.1) is 0 Å². The molecule has 0 spiro atoms. The first-order valence-electron chi connectivity index (χ1n) is 13.6. The summed E-state index contributed by atoms with van der Waals surface area (Å²) < 4.78 is 16.3. The van der Waals surface area contributed by atoms with Gasteiger partial charge in [0.25, 0.3) is 0 Å². The Morgan fingerprint density at radius 1 is 1.28 bits per heavy atom. The predicted octanol–water partition coefficient (Wildman–Crippen LogP) is 5.63. The molecule has 2 unspecified atom stereocenters. The summed E-state index contributed by atoms with van der Waals surface area (Å²) >= 11 is 6.31. The predicted molar refractivity (Wildman–Crippen MR) is 150 cm³/mol. The van der Waals surface area contributed by atoms with Crippen molar-refractivity contribution >= 4 is 34.7 Å². The van der Waals surface area contributed by atoms with E-state index < -0.39 is 17.6 Å². The van der Waals surface area contributed by atoms with Crippen LogP contribution in [0.3, 0.4) is 0 Å². The van der Waals surface area contributed by atoms with Crippen LogP contribution in [0.4, 0.5) is 9.59 Å². The minimum atomic E-state index is -0.744. The molecule has 39 heavy (non-hydrogen) atoms. The summed E-state index contributed by atoms with van der Waals surface area (Å²) in [5.41, 5.74) is 2.76. The zero-order valence-corrected chi connectivity index (χ0v) is 23.6. The van der Waals surface area contributed by atoms with Crippen LogP contribution < -0.4 is 5.32 Å². The lowest BCUT2D eigenvalue weighted by Gasteiger charge is -2.45. The third-order valence-electron chi connectivity index (χ3n) is 7.23. The van der Waals surface area contributed by atoms with Crippen LogP contribution in [0.25, 0.3) is 10.9 Å². The molecule has 10 heteroatoms. The maximum atomic E-state index is 13.0. The van der Waals surface area contributed by atoms with Crippen LogP contribution in [0.15, 0.2) is 42.2 Å². The van der Waals surface area contributed by atoms with Gasteiger partial charge in [-0.2, -0.15) is 0 Å². The number of nitrogens with zero attached hydrogens (tertiary/aromatic N) is 1. The van der Waals surface area contributed by atoms with Gasteiger partial charge in [-0.05, 0) is 62.1 Å². The van der Waals surface area contributed by atoms with Crippen molar-refractivity contribution in [3.05, 3.63) is 58.5 Å². The number of fused-ring (bicyclic) bond motifs is 3. The number of H-pyrrole nitrogens is 1. The first-order chi connectivity index (χ1) is 18.8. The summed E-state index contributed by atoms with van der Waals surface area (Å²) in [4.78, 5) is 30.0. The molecular formula is C29H38ClN3O6. The van der Waals surface area contributed by atoms with E-state index in [1.165, 1.54) is 5.56 Å². The molecule has 3 N–H and O–H groups in total. The van der Waals surface area contributed by atoms with Crippen LogP contribution >= 0.6 is 11.6 Å². The molecule has 1 aliphatic heterocycles. The maximum Gasteiger partial charge on any atom is 0.410 e. The molecule has 1 aromatic heterocycles. The van der Waals surface area contributed by atoms with E-state index in [0.717, 1.165) is 23.0 Å². The molecule has 0 radical (unpaired) electrons. The monoisotopic (exact) mass is 559 g/mol. The zero-order chi connectivity index (χ0) is 28.0. The van der Waals surface area contributed by atoms with Crippen LogP contribution in [0.2, 0.25) is 5.02 Å². The van der Waals surface area contributed by atoms with E-state index in [-0.39, 0.29) is 18.7 Å². The molecule has 1 aliphatic carbocycles. The van der Waals surface area contributed by atoms with Crippen molar-refractivity contribution in [1.29, 1.82) is 0 Å². The fraction of sp³-hybridized carbons (Fsp3) is 0.517. The molecule has 2 aliphatic rings. The summed E-state index contributed by atoms with van der Waals surface area (Å²) in [5, 5.41) is 14.5. The number of halogens is 1. The average Bonchev–Trinajstić information content (AvgIpc) is 3.29. The number of hydrogen-bond donors (Lipinski definition) is 3. The van der Waals surface area contributed by atoms with Crippen molar-refractivity contribution < 1.29 is 28.9 Å². The van der Waals surface area contributed by atoms with Gasteiger partial charge in [0.05, 0.1) is 32.0 Å². The van der Waals surface area contributed by atoms with Crippen LogP contribution in [-0.2, 0) is 20.6 Å². The van der Waals surface area contributed by atoms with Gasteiger partial charge in [-0.25, -0.2) is 9.59 Å². The van der Waals surface area contributed by atoms with E-state index in [9.17, 15) is 14.7 Å². The Hall–Kier alpha value is -3.17. The largest absolute Gasteiger partial charge is 0.494 e. The third kappa shape index (κ3) is 6.70. The van der Waals surface area contributed by atoms with Crippen molar-refractivity contribution in [1.82, 2.24) is 15.2 Å². The number of aliphatic hydroxyl groups excluding tert-OH is 1. The van der Waals surface area contributed by atoms with Gasteiger partial charge in [-0.1, -0.05) is 31.5 Å². The molecule has 1 aromatic carbocycles. The summed E-state index contributed by atoms with van der Waals surface area (Å²) in [6, 6.07) is 5.56. The Labute approximate surface area is 234 Å². The number of hydrogen-bond acceptors (Lipinski definition) is 6. The van der Waals surface area contributed by atoms with E-state index in [2.05, 4.69) is 23.3 Å². The molecular weight excluding hydrogens is 522 g/mol. The Balaban J connectivity index is 1.43. The number of benzene rings is 1. The van der Waals surface area contributed by atoms with Crippen molar-refractivity contribution in [3.63, 3.8) is 0 Å². The SMILES string of the molecule is CCCOC(=O)NCC(O)CCOC1=CCC(C)([C@H]2c3[nH]c4ccc(Cl)cc4c3CCN2C(=O)OCC)C=C1. The number of carbonyl (C=O) groups excluding carboxylic acids is 2. The normalized spacial score (nSPS) is 21.2. The summed E-state index contributed by atoms with van der Waals surface area (Å²) in [5.74, 6) is 0.706. The number of aromatic amines is 1. The molecule has 2 aromatic rings. The lowest BCUT2D eigenvalue weighted by atomic mass is 9.72. The highest BCUT2D eigenvalue weighted by Crippen LogP contribution is 2.49. The minimum Gasteiger partial charge on any atom is -0.494 e. The fourth-order valence-electron chi connectivity index (χ4n) is 5.25. The highest BCUT2D eigenvalue weighted by atomic mass is 35.5. The van der Waals surface area contributed by atoms with Gasteiger partial charge >= 0.3 is 12.2 Å². The lowest BCUT2D eigenvalue weighted by molar-refractivity contribution is 0.0549. The standard InChI is InChI=1S/C29H38ClN3O6/c1-4-15-39-27(35)31-18-20(34)11-16-38-21-8-12-29(3,13-9-21)26-25-22(10-14-33(26)28(36)37-5-2)23-17-19(30)6-7-24(23)32-25/h6-9,12,17,20,26,32,34H,4-5,10-11,13-16,18H2,1-3H3,(H,31,35)/t20?,26-,29?/m1/s1. The number of allylic oxidation sites excluding steroid dienone is 2. The van der Waals surface area contributed by atoms with Crippen LogP contribution in [0, 0.1) is 5.41 Å². The number of carbonyl (C=O) groups is 2. The molecule has 3 atom stereocenters. The summed E-state index contributed by atoms with van der Waals surface area (Å²) in [6.45, 7) is 7.46. The second-order valence-electron chi connectivity index (χ2n) is 10.2. The summed E-state index contributed by atoms with van der Waals surface area (Å²) in [6.07, 6.45) is 6.88.